The van der Waals surface area contributed by atoms with Gasteiger partial charge in [-0.2, -0.15) is 0 Å². The van der Waals surface area contributed by atoms with Crippen LogP contribution in [0.25, 0.3) is 37.9 Å². The van der Waals surface area contributed by atoms with E-state index in [1.807, 2.05) is 50.2 Å². The van der Waals surface area contributed by atoms with E-state index in [9.17, 15) is 4.79 Å². The molecule has 0 aliphatic heterocycles. The Morgan fingerprint density at radius 1 is 1.15 bits per heavy atom. The van der Waals surface area contributed by atoms with Gasteiger partial charge in [0.05, 0.1) is 23.1 Å². The molecule has 0 spiro atoms. The quantitative estimate of drug-likeness (QED) is 0.263. The van der Waals surface area contributed by atoms with Gasteiger partial charge < -0.3 is 9.15 Å². The van der Waals surface area contributed by atoms with E-state index < -0.39 is 0 Å². The van der Waals surface area contributed by atoms with Gasteiger partial charge in [-0.15, -0.1) is 0 Å². The van der Waals surface area contributed by atoms with Crippen LogP contribution in [0.3, 0.4) is 0 Å². The first-order valence-electron chi connectivity index (χ1n) is 11.1. The van der Waals surface area contributed by atoms with Crippen molar-refractivity contribution >= 4 is 49.1 Å². The molecule has 0 aliphatic carbocycles. The van der Waals surface area contributed by atoms with Crippen molar-refractivity contribution in [2.75, 3.05) is 11.9 Å². The van der Waals surface area contributed by atoms with E-state index >= 15 is 0 Å². The summed E-state index contributed by atoms with van der Waals surface area (Å²) >= 11 is 1.45. The minimum Gasteiger partial charge on any atom is -0.493 e. The Balaban J connectivity index is 1.50. The van der Waals surface area contributed by atoms with Gasteiger partial charge >= 0.3 is 0 Å². The number of amides is 1. The maximum atomic E-state index is 12.8. The van der Waals surface area contributed by atoms with Crippen LogP contribution in [0.4, 0.5) is 5.13 Å². The molecular formula is C28H24N2O3S. The molecule has 3 aromatic carbocycles. The predicted octanol–water partition coefficient (Wildman–Crippen LogP) is 7.46. The molecular weight excluding hydrogens is 444 g/mol. The number of ether oxygens (including phenoxy) is 1. The van der Waals surface area contributed by atoms with Gasteiger partial charge in [-0.1, -0.05) is 53.3 Å². The number of nitrogens with zero attached hydrogens (tertiary/aromatic N) is 1. The first-order valence-corrected chi connectivity index (χ1v) is 11.9. The molecule has 5 nitrogen and oxygen atoms in total. The van der Waals surface area contributed by atoms with Gasteiger partial charge in [0.25, 0.3) is 0 Å². The number of thiazole rings is 1. The fraction of sp³-hybridized carbons (Fsp3) is 0.143. The number of hydrogen-bond donors (Lipinski definition) is 1. The summed E-state index contributed by atoms with van der Waals surface area (Å²) in [7, 11) is 0. The summed E-state index contributed by atoms with van der Waals surface area (Å²) in [6.45, 7) is 6.42. The minimum absolute atomic E-state index is 0.231. The Morgan fingerprint density at radius 2 is 1.94 bits per heavy atom. The summed E-state index contributed by atoms with van der Waals surface area (Å²) in [5.74, 6) is 0.450. The monoisotopic (exact) mass is 468 g/mol. The van der Waals surface area contributed by atoms with E-state index in [-0.39, 0.29) is 5.91 Å². The number of aryl methyl sites for hydroxylation is 1. The van der Waals surface area contributed by atoms with Gasteiger partial charge in [0.1, 0.15) is 11.3 Å². The van der Waals surface area contributed by atoms with E-state index in [2.05, 4.69) is 41.5 Å². The second kappa shape index (κ2) is 9.15. The SMILES string of the molecule is CCOc1cc2occ(-c3ccc(C)cc3)c2cc1/C(C)=C/C(=O)Nc1nc2ccccc2s1. The zero-order valence-corrected chi connectivity index (χ0v) is 20.0. The molecule has 0 atom stereocenters. The number of aromatic nitrogens is 1. The molecule has 1 amide bonds. The maximum absolute atomic E-state index is 12.8. The molecule has 0 radical (unpaired) electrons. The summed E-state index contributed by atoms with van der Waals surface area (Å²) in [4.78, 5) is 17.3. The third kappa shape index (κ3) is 4.32. The van der Waals surface area contributed by atoms with Gasteiger partial charge in [0.15, 0.2) is 5.13 Å². The zero-order chi connectivity index (χ0) is 23.7. The number of para-hydroxylation sites is 1. The molecule has 2 aromatic heterocycles. The molecule has 0 fully saturated rings. The van der Waals surface area contributed by atoms with Gasteiger partial charge in [0.2, 0.25) is 5.91 Å². The second-order valence-corrected chi connectivity index (χ2v) is 9.13. The summed E-state index contributed by atoms with van der Waals surface area (Å²) < 4.78 is 12.8. The lowest BCUT2D eigenvalue weighted by Crippen LogP contribution is -2.08. The van der Waals surface area contributed by atoms with Crippen LogP contribution in [0.5, 0.6) is 5.75 Å². The largest absolute Gasteiger partial charge is 0.493 e. The molecule has 0 saturated carbocycles. The Kier molecular flexibility index (Phi) is 5.90. The molecule has 0 bridgehead atoms. The van der Waals surface area contributed by atoms with Crippen molar-refractivity contribution in [3.63, 3.8) is 0 Å². The number of carbonyl (C=O) groups is 1. The van der Waals surface area contributed by atoms with E-state index in [0.29, 0.717) is 17.5 Å². The average Bonchev–Trinajstić information content (AvgIpc) is 3.42. The average molecular weight is 469 g/mol. The van der Waals surface area contributed by atoms with E-state index in [4.69, 9.17) is 9.15 Å². The topological polar surface area (TPSA) is 64.4 Å². The molecule has 0 aliphatic rings. The molecule has 5 aromatic rings. The van der Waals surface area contributed by atoms with Crippen LogP contribution in [-0.4, -0.2) is 17.5 Å². The number of allylic oxidation sites excluding steroid dienone is 1. The normalized spacial score (nSPS) is 11.8. The van der Waals surface area contributed by atoms with Crippen LogP contribution in [-0.2, 0) is 4.79 Å². The number of rotatable bonds is 6. The third-order valence-corrected chi connectivity index (χ3v) is 6.59. The fourth-order valence-electron chi connectivity index (χ4n) is 3.94. The van der Waals surface area contributed by atoms with E-state index in [0.717, 1.165) is 43.4 Å². The molecule has 34 heavy (non-hydrogen) atoms. The molecule has 170 valence electrons. The van der Waals surface area contributed by atoms with Crippen molar-refractivity contribution in [3.05, 3.63) is 84.1 Å². The highest BCUT2D eigenvalue weighted by molar-refractivity contribution is 7.22. The van der Waals surface area contributed by atoms with Crippen molar-refractivity contribution in [2.45, 2.75) is 20.8 Å². The number of fused-ring (bicyclic) bond motifs is 2. The fourth-order valence-corrected chi connectivity index (χ4v) is 4.81. The minimum atomic E-state index is -0.231. The number of carbonyl (C=O) groups excluding carboxylic acids is 1. The number of hydrogen-bond acceptors (Lipinski definition) is 5. The van der Waals surface area contributed by atoms with Crippen molar-refractivity contribution in [2.24, 2.45) is 0 Å². The van der Waals surface area contributed by atoms with Crippen LogP contribution in [0, 0.1) is 6.92 Å². The Hall–Kier alpha value is -3.90. The van der Waals surface area contributed by atoms with Crippen molar-refractivity contribution in [1.82, 2.24) is 4.98 Å². The predicted molar refractivity (Wildman–Crippen MR) is 139 cm³/mol. The molecule has 2 heterocycles. The lowest BCUT2D eigenvalue weighted by molar-refractivity contribution is -0.111. The van der Waals surface area contributed by atoms with Gasteiger partial charge in [-0.25, -0.2) is 4.98 Å². The summed E-state index contributed by atoms with van der Waals surface area (Å²) in [5, 5.41) is 4.44. The van der Waals surface area contributed by atoms with Crippen LogP contribution in [0.1, 0.15) is 25.0 Å². The summed E-state index contributed by atoms with van der Waals surface area (Å²) in [6, 6.07) is 20.1. The van der Waals surface area contributed by atoms with E-state index in [1.54, 1.807) is 12.3 Å². The third-order valence-electron chi connectivity index (χ3n) is 5.63. The first kappa shape index (κ1) is 21.9. The van der Waals surface area contributed by atoms with Crippen LogP contribution < -0.4 is 10.1 Å². The number of nitrogens with one attached hydrogen (secondary N) is 1. The smallest absolute Gasteiger partial charge is 0.250 e. The van der Waals surface area contributed by atoms with Gasteiger partial charge in [0, 0.05) is 28.7 Å². The molecule has 6 heteroatoms. The van der Waals surface area contributed by atoms with Crippen molar-refractivity contribution in [3.8, 4) is 16.9 Å². The Labute approximate surface area is 201 Å². The lowest BCUT2D eigenvalue weighted by atomic mass is 9.99. The maximum Gasteiger partial charge on any atom is 0.250 e. The Bertz CT molecular complexity index is 1490. The molecule has 0 unspecified atom stereocenters. The van der Waals surface area contributed by atoms with Gasteiger partial charge in [-0.05, 0) is 50.1 Å². The van der Waals surface area contributed by atoms with Crippen molar-refractivity contribution < 1.29 is 13.9 Å². The highest BCUT2D eigenvalue weighted by atomic mass is 32.1. The number of anilines is 1. The molecule has 0 saturated heterocycles. The Morgan fingerprint density at radius 3 is 2.71 bits per heavy atom. The number of furan rings is 1. The standard InChI is InChI=1S/C28H24N2O3S/c1-4-32-24-15-25-21(22(16-33-25)19-11-9-17(2)10-12-19)14-20(24)18(3)13-27(31)30-28-29-23-7-5-6-8-26(23)34-28/h5-16H,4H2,1-3H3,(H,29,30,31)/b18-13+. The van der Waals surface area contributed by atoms with Crippen LogP contribution >= 0.6 is 11.3 Å². The summed E-state index contributed by atoms with van der Waals surface area (Å²) in [6.07, 6.45) is 3.36. The highest BCUT2D eigenvalue weighted by Crippen LogP contribution is 2.37. The van der Waals surface area contributed by atoms with Crippen LogP contribution in [0.15, 0.2) is 77.4 Å². The lowest BCUT2D eigenvalue weighted by Gasteiger charge is -2.11. The number of benzene rings is 3. The highest BCUT2D eigenvalue weighted by Gasteiger charge is 2.16. The zero-order valence-electron chi connectivity index (χ0n) is 19.2. The molecule has 5 rings (SSSR count). The van der Waals surface area contributed by atoms with Crippen molar-refractivity contribution in [1.29, 1.82) is 0 Å². The van der Waals surface area contributed by atoms with E-state index in [1.165, 1.54) is 16.9 Å². The first-order chi connectivity index (χ1) is 16.5. The molecule has 1 N–H and O–H groups in total. The second-order valence-electron chi connectivity index (χ2n) is 8.10. The van der Waals surface area contributed by atoms with Gasteiger partial charge in [-0.3, -0.25) is 10.1 Å². The summed E-state index contributed by atoms with van der Waals surface area (Å²) in [5.41, 5.74) is 6.55. The van der Waals surface area contributed by atoms with Crippen LogP contribution in [0.2, 0.25) is 0 Å².